The van der Waals surface area contributed by atoms with Crippen LogP contribution in [0, 0.1) is 0 Å². The van der Waals surface area contributed by atoms with Crippen molar-refractivity contribution in [1.82, 2.24) is 9.80 Å². The van der Waals surface area contributed by atoms with E-state index in [2.05, 4.69) is 23.2 Å². The first-order valence-electron chi connectivity index (χ1n) is 10.3. The summed E-state index contributed by atoms with van der Waals surface area (Å²) in [6.45, 7) is 12.3. The number of ether oxygens (including phenoxy) is 1. The van der Waals surface area contributed by atoms with Crippen molar-refractivity contribution in [3.63, 3.8) is 0 Å². The number of hydrogen-bond acceptors (Lipinski definition) is 4. The standard InChI is InChI=1S/C23H29ClFN3O2/c1-4-20(25)21(26-3)9-12-27-13-10-23(11-14-27)16-28(15-17(2)30-23)22(29)18-7-5-6-8-19(18)24/h4-8,17H,1,3,9-16H2,2H3/b21-20+. The number of allylic oxidation sites excluding steroid dienone is 2. The number of halogens is 2. The van der Waals surface area contributed by atoms with Crippen LogP contribution in [0.4, 0.5) is 4.39 Å². The molecule has 0 aliphatic carbocycles. The Morgan fingerprint density at radius 2 is 2.10 bits per heavy atom. The zero-order valence-electron chi connectivity index (χ0n) is 17.4. The lowest BCUT2D eigenvalue weighted by Crippen LogP contribution is -2.60. The molecule has 2 fully saturated rings. The number of nitrogens with zero attached hydrogens (tertiary/aromatic N) is 3. The number of likely N-dealkylation sites (tertiary alicyclic amines) is 1. The minimum Gasteiger partial charge on any atom is -0.368 e. The number of carbonyl (C=O) groups is 1. The van der Waals surface area contributed by atoms with Gasteiger partial charge in [0.25, 0.3) is 5.91 Å². The summed E-state index contributed by atoms with van der Waals surface area (Å²) in [6, 6.07) is 7.15. The zero-order valence-corrected chi connectivity index (χ0v) is 18.2. The average Bonchev–Trinajstić information content (AvgIpc) is 2.74. The number of rotatable bonds is 6. The summed E-state index contributed by atoms with van der Waals surface area (Å²) in [5.74, 6) is -0.471. The van der Waals surface area contributed by atoms with E-state index in [4.69, 9.17) is 16.3 Å². The summed E-state index contributed by atoms with van der Waals surface area (Å²) in [5.41, 5.74) is 0.512. The summed E-state index contributed by atoms with van der Waals surface area (Å²) < 4.78 is 20.1. The molecule has 5 nitrogen and oxygen atoms in total. The van der Waals surface area contributed by atoms with Gasteiger partial charge >= 0.3 is 0 Å². The number of aliphatic imine (C=N–C) groups is 1. The van der Waals surface area contributed by atoms with Gasteiger partial charge in [-0.3, -0.25) is 9.79 Å². The van der Waals surface area contributed by atoms with E-state index < -0.39 is 5.83 Å². The Balaban J connectivity index is 1.62. The van der Waals surface area contributed by atoms with Crippen LogP contribution in [0.2, 0.25) is 5.02 Å². The van der Waals surface area contributed by atoms with Crippen LogP contribution in [0.5, 0.6) is 0 Å². The summed E-state index contributed by atoms with van der Waals surface area (Å²) in [6.07, 6.45) is 3.24. The van der Waals surface area contributed by atoms with Crippen molar-refractivity contribution >= 4 is 24.2 Å². The van der Waals surface area contributed by atoms with E-state index >= 15 is 0 Å². The van der Waals surface area contributed by atoms with Crippen molar-refractivity contribution in [3.8, 4) is 0 Å². The normalized spacial score (nSPS) is 22.5. The number of hydrogen-bond donors (Lipinski definition) is 0. The van der Waals surface area contributed by atoms with Gasteiger partial charge in [0.2, 0.25) is 0 Å². The third-order valence-electron chi connectivity index (χ3n) is 5.88. The predicted molar refractivity (Wildman–Crippen MR) is 119 cm³/mol. The molecule has 1 atom stereocenters. The third-order valence-corrected chi connectivity index (χ3v) is 6.21. The van der Waals surface area contributed by atoms with Gasteiger partial charge in [0.1, 0.15) is 5.83 Å². The molecule has 1 aromatic carbocycles. The largest absolute Gasteiger partial charge is 0.368 e. The van der Waals surface area contributed by atoms with Crippen LogP contribution in [-0.2, 0) is 4.74 Å². The number of amides is 1. The van der Waals surface area contributed by atoms with E-state index in [0.717, 1.165) is 32.0 Å². The van der Waals surface area contributed by atoms with E-state index in [1.165, 1.54) is 0 Å². The maximum Gasteiger partial charge on any atom is 0.255 e. The fourth-order valence-electron chi connectivity index (χ4n) is 4.30. The SMILES string of the molecule is C=C/C(F)=C(/CCN1CCC2(CC1)CN(C(=O)c1ccccc1Cl)CC(C)O2)N=C. The molecule has 1 spiro atoms. The molecule has 7 heteroatoms. The summed E-state index contributed by atoms with van der Waals surface area (Å²) in [7, 11) is 0. The quantitative estimate of drug-likeness (QED) is 0.490. The van der Waals surface area contributed by atoms with E-state index in [-0.39, 0.29) is 17.6 Å². The minimum atomic E-state index is -0.420. The topological polar surface area (TPSA) is 45.1 Å². The van der Waals surface area contributed by atoms with Gasteiger partial charge in [-0.15, -0.1) is 0 Å². The van der Waals surface area contributed by atoms with Gasteiger partial charge in [0.05, 0.1) is 34.5 Å². The van der Waals surface area contributed by atoms with Crippen molar-refractivity contribution < 1.29 is 13.9 Å². The molecule has 0 radical (unpaired) electrons. The zero-order chi connectivity index (χ0) is 21.7. The second kappa shape index (κ2) is 9.86. The molecule has 1 aromatic rings. The third kappa shape index (κ3) is 5.17. The number of carbonyl (C=O) groups excluding carboxylic acids is 1. The Labute approximate surface area is 182 Å². The van der Waals surface area contributed by atoms with Crippen molar-refractivity contribution in [2.45, 2.75) is 37.9 Å². The van der Waals surface area contributed by atoms with Crippen molar-refractivity contribution in [2.75, 3.05) is 32.7 Å². The van der Waals surface area contributed by atoms with Gasteiger partial charge in [0.15, 0.2) is 0 Å². The van der Waals surface area contributed by atoms with Gasteiger partial charge < -0.3 is 14.5 Å². The molecular weight excluding hydrogens is 405 g/mol. The lowest BCUT2D eigenvalue weighted by molar-refractivity contribution is -0.161. The summed E-state index contributed by atoms with van der Waals surface area (Å²) in [4.78, 5) is 21.0. The second-order valence-corrected chi connectivity index (χ2v) is 8.43. The molecule has 2 heterocycles. The molecule has 2 saturated heterocycles. The molecule has 0 saturated carbocycles. The molecule has 1 unspecified atom stereocenters. The fraction of sp³-hybridized carbons (Fsp3) is 0.478. The Morgan fingerprint density at radius 1 is 1.40 bits per heavy atom. The first-order valence-corrected chi connectivity index (χ1v) is 10.7. The molecule has 3 rings (SSSR count). The van der Waals surface area contributed by atoms with Crippen LogP contribution in [0.25, 0.3) is 0 Å². The smallest absolute Gasteiger partial charge is 0.255 e. The number of piperidine rings is 1. The lowest BCUT2D eigenvalue weighted by Gasteiger charge is -2.49. The van der Waals surface area contributed by atoms with Crippen LogP contribution in [0.1, 0.15) is 36.5 Å². The fourth-order valence-corrected chi connectivity index (χ4v) is 4.52. The van der Waals surface area contributed by atoms with Gasteiger partial charge in [-0.1, -0.05) is 30.3 Å². The Morgan fingerprint density at radius 3 is 2.73 bits per heavy atom. The maximum atomic E-state index is 13.7. The van der Waals surface area contributed by atoms with Gasteiger partial charge in [-0.25, -0.2) is 4.39 Å². The van der Waals surface area contributed by atoms with E-state index in [0.29, 0.717) is 42.3 Å². The first-order chi connectivity index (χ1) is 14.4. The van der Waals surface area contributed by atoms with Crippen LogP contribution >= 0.6 is 11.6 Å². The first kappa shape index (κ1) is 22.7. The predicted octanol–water partition coefficient (Wildman–Crippen LogP) is 4.49. The lowest BCUT2D eigenvalue weighted by atomic mass is 9.88. The second-order valence-electron chi connectivity index (χ2n) is 8.03. The molecule has 0 bridgehead atoms. The Hall–Kier alpha value is -2.02. The van der Waals surface area contributed by atoms with Crippen LogP contribution in [0.15, 0.2) is 53.4 Å². The maximum absolute atomic E-state index is 13.7. The van der Waals surface area contributed by atoms with Crippen molar-refractivity contribution in [2.24, 2.45) is 4.99 Å². The Bertz CT molecular complexity index is 833. The number of morpholine rings is 1. The van der Waals surface area contributed by atoms with Gasteiger partial charge in [-0.05, 0) is 44.7 Å². The molecule has 2 aliphatic rings. The van der Waals surface area contributed by atoms with Crippen molar-refractivity contribution in [3.05, 3.63) is 59.0 Å². The van der Waals surface area contributed by atoms with Crippen LogP contribution in [-0.4, -0.2) is 66.9 Å². The van der Waals surface area contributed by atoms with Gasteiger partial charge in [-0.2, -0.15) is 0 Å². The summed E-state index contributed by atoms with van der Waals surface area (Å²) in [5, 5.41) is 0.469. The van der Waals surface area contributed by atoms with Crippen LogP contribution < -0.4 is 0 Å². The molecule has 0 N–H and O–H groups in total. The van der Waals surface area contributed by atoms with E-state index in [1.54, 1.807) is 12.1 Å². The molecule has 2 aliphatic heterocycles. The summed E-state index contributed by atoms with van der Waals surface area (Å²) >= 11 is 6.24. The Kier molecular flexibility index (Phi) is 7.45. The highest BCUT2D eigenvalue weighted by atomic mass is 35.5. The van der Waals surface area contributed by atoms with Gasteiger partial charge in [0, 0.05) is 32.6 Å². The monoisotopic (exact) mass is 433 g/mol. The van der Waals surface area contributed by atoms with Crippen molar-refractivity contribution in [1.29, 1.82) is 0 Å². The molecule has 1 amide bonds. The number of benzene rings is 1. The highest BCUT2D eigenvalue weighted by Crippen LogP contribution is 2.33. The molecule has 0 aromatic heterocycles. The molecular formula is C23H29ClFN3O2. The van der Waals surface area contributed by atoms with E-state index in [1.807, 2.05) is 24.0 Å². The average molecular weight is 434 g/mol. The van der Waals surface area contributed by atoms with Crippen LogP contribution in [0.3, 0.4) is 0 Å². The highest BCUT2D eigenvalue weighted by molar-refractivity contribution is 6.33. The minimum absolute atomic E-state index is 0.0436. The van der Waals surface area contributed by atoms with E-state index in [9.17, 15) is 9.18 Å². The highest BCUT2D eigenvalue weighted by Gasteiger charge is 2.43. The molecule has 162 valence electrons. The molecule has 30 heavy (non-hydrogen) atoms.